The van der Waals surface area contributed by atoms with E-state index in [-0.39, 0.29) is 4.34 Å². The SMILES string of the molecule is CCNc1nnc(S(N)(O)O)s1. The van der Waals surface area contributed by atoms with Crippen molar-refractivity contribution in [1.29, 1.82) is 0 Å². The van der Waals surface area contributed by atoms with E-state index >= 15 is 0 Å². The summed E-state index contributed by atoms with van der Waals surface area (Å²) in [7, 11) is -3.20. The highest BCUT2D eigenvalue weighted by molar-refractivity contribution is 8.23. The molecule has 1 heterocycles. The third kappa shape index (κ3) is 2.29. The summed E-state index contributed by atoms with van der Waals surface area (Å²) in [5.41, 5.74) is 0. The third-order valence-corrected chi connectivity index (χ3v) is 3.25. The van der Waals surface area contributed by atoms with Crippen molar-refractivity contribution in [3.63, 3.8) is 0 Å². The summed E-state index contributed by atoms with van der Waals surface area (Å²) < 4.78 is 18.0. The van der Waals surface area contributed by atoms with Gasteiger partial charge in [0.2, 0.25) is 9.47 Å². The maximum absolute atomic E-state index is 8.97. The summed E-state index contributed by atoms with van der Waals surface area (Å²) in [5.74, 6) is 0. The molecular weight excluding hydrogens is 200 g/mol. The predicted octanol–water partition coefficient (Wildman–Crippen LogP) is 0.953. The van der Waals surface area contributed by atoms with Crippen LogP contribution in [0.1, 0.15) is 6.92 Å². The zero-order valence-corrected chi connectivity index (χ0v) is 8.02. The van der Waals surface area contributed by atoms with E-state index in [1.165, 1.54) is 0 Å². The first-order valence-corrected chi connectivity index (χ1v) is 5.60. The van der Waals surface area contributed by atoms with Crippen LogP contribution in [0.25, 0.3) is 0 Å². The van der Waals surface area contributed by atoms with Crippen LogP contribution in [0.3, 0.4) is 0 Å². The zero-order valence-electron chi connectivity index (χ0n) is 6.39. The number of nitrogens with zero attached hydrogens (tertiary/aromatic N) is 2. The van der Waals surface area contributed by atoms with Crippen molar-refractivity contribution in [2.45, 2.75) is 11.3 Å². The quantitative estimate of drug-likeness (QED) is 0.592. The highest BCUT2D eigenvalue weighted by Gasteiger charge is 2.15. The Bertz CT molecular complexity index is 258. The Balaban J connectivity index is 2.77. The Kier molecular flexibility index (Phi) is 2.85. The average Bonchev–Trinajstić information content (AvgIpc) is 2.35. The Hall–Kier alpha value is -0.410. The fourth-order valence-electron chi connectivity index (χ4n) is 0.554. The summed E-state index contributed by atoms with van der Waals surface area (Å²) in [6, 6.07) is 0. The molecule has 8 heteroatoms. The van der Waals surface area contributed by atoms with Crippen LogP contribution in [-0.2, 0) is 0 Å². The molecule has 0 aliphatic carbocycles. The van der Waals surface area contributed by atoms with E-state index in [1.54, 1.807) is 0 Å². The molecule has 70 valence electrons. The molecule has 0 unspecified atom stereocenters. The zero-order chi connectivity index (χ0) is 9.19. The van der Waals surface area contributed by atoms with E-state index in [0.29, 0.717) is 11.7 Å². The largest absolute Gasteiger partial charge is 0.360 e. The lowest BCUT2D eigenvalue weighted by molar-refractivity contribution is 0.487. The molecular formula is C4H10N4O2S2. The minimum absolute atomic E-state index is 0.0541. The molecule has 5 N–H and O–H groups in total. The molecule has 0 saturated heterocycles. The van der Waals surface area contributed by atoms with Crippen molar-refractivity contribution in [3.8, 4) is 0 Å². The van der Waals surface area contributed by atoms with Gasteiger partial charge in [-0.15, -0.1) is 10.2 Å². The minimum atomic E-state index is -3.20. The number of hydrogen-bond acceptors (Lipinski definition) is 7. The van der Waals surface area contributed by atoms with Gasteiger partial charge in [-0.3, -0.25) is 9.11 Å². The molecule has 0 atom stereocenters. The smallest absolute Gasteiger partial charge is 0.242 e. The number of hydrogen-bond donors (Lipinski definition) is 4. The molecule has 6 nitrogen and oxygen atoms in total. The van der Waals surface area contributed by atoms with Gasteiger partial charge in [0.05, 0.1) is 0 Å². The fourth-order valence-corrected chi connectivity index (χ4v) is 1.99. The van der Waals surface area contributed by atoms with Crippen LogP contribution in [0.15, 0.2) is 4.34 Å². The normalized spacial score (nSPS) is 13.0. The molecule has 0 saturated carbocycles. The summed E-state index contributed by atoms with van der Waals surface area (Å²) >= 11 is 1.04. The van der Waals surface area contributed by atoms with E-state index < -0.39 is 10.8 Å². The molecule has 1 aromatic rings. The van der Waals surface area contributed by atoms with Crippen molar-refractivity contribution in [3.05, 3.63) is 0 Å². The Labute approximate surface area is 75.3 Å². The Morgan fingerprint density at radius 1 is 1.58 bits per heavy atom. The summed E-state index contributed by atoms with van der Waals surface area (Å²) in [5, 5.41) is 15.6. The molecule has 0 aliphatic heterocycles. The molecule has 1 aromatic heterocycles. The number of nitrogens with two attached hydrogens (primary N) is 1. The fraction of sp³-hybridized carbons (Fsp3) is 0.500. The highest BCUT2D eigenvalue weighted by Crippen LogP contribution is 2.42. The van der Waals surface area contributed by atoms with Gasteiger partial charge in [0.15, 0.2) is 0 Å². The van der Waals surface area contributed by atoms with Crippen LogP contribution in [-0.4, -0.2) is 25.8 Å². The lowest BCUT2D eigenvalue weighted by Gasteiger charge is -2.20. The van der Waals surface area contributed by atoms with E-state index in [0.717, 1.165) is 11.3 Å². The predicted molar refractivity (Wildman–Crippen MR) is 49.4 cm³/mol. The average molecular weight is 210 g/mol. The first-order valence-electron chi connectivity index (χ1n) is 3.17. The van der Waals surface area contributed by atoms with Crippen LogP contribution >= 0.6 is 22.1 Å². The first kappa shape index (κ1) is 9.68. The van der Waals surface area contributed by atoms with Gasteiger partial charge in [-0.1, -0.05) is 22.1 Å². The highest BCUT2D eigenvalue weighted by atomic mass is 32.3. The van der Waals surface area contributed by atoms with Crippen molar-refractivity contribution in [2.75, 3.05) is 11.9 Å². The van der Waals surface area contributed by atoms with Crippen molar-refractivity contribution in [2.24, 2.45) is 5.14 Å². The maximum atomic E-state index is 8.97. The maximum Gasteiger partial charge on any atom is 0.242 e. The number of nitrogens with one attached hydrogen (secondary N) is 1. The third-order valence-electron chi connectivity index (χ3n) is 0.991. The molecule has 0 spiro atoms. The van der Waals surface area contributed by atoms with E-state index in [1.807, 2.05) is 6.92 Å². The summed E-state index contributed by atoms with van der Waals surface area (Å²) in [6.07, 6.45) is 0. The molecule has 0 aromatic carbocycles. The lowest BCUT2D eigenvalue weighted by Crippen LogP contribution is -2.07. The van der Waals surface area contributed by atoms with Gasteiger partial charge >= 0.3 is 0 Å². The Morgan fingerprint density at radius 3 is 2.67 bits per heavy atom. The Morgan fingerprint density at radius 2 is 2.25 bits per heavy atom. The monoisotopic (exact) mass is 210 g/mol. The summed E-state index contributed by atoms with van der Waals surface area (Å²) in [4.78, 5) is 0. The van der Waals surface area contributed by atoms with E-state index in [9.17, 15) is 0 Å². The van der Waals surface area contributed by atoms with E-state index in [2.05, 4.69) is 15.5 Å². The van der Waals surface area contributed by atoms with Gasteiger partial charge < -0.3 is 5.32 Å². The van der Waals surface area contributed by atoms with Gasteiger partial charge in [-0.25, -0.2) is 5.14 Å². The van der Waals surface area contributed by atoms with Gasteiger partial charge in [-0.2, -0.15) is 0 Å². The second-order valence-electron chi connectivity index (χ2n) is 2.00. The van der Waals surface area contributed by atoms with Crippen LogP contribution in [0, 0.1) is 0 Å². The second kappa shape index (κ2) is 3.54. The second-order valence-corrected chi connectivity index (χ2v) is 4.80. The van der Waals surface area contributed by atoms with Gasteiger partial charge in [0.1, 0.15) is 0 Å². The molecule has 0 radical (unpaired) electrons. The standard InChI is InChI=1S/C4H10N4O2S2/c1-2-6-3-7-8-4(11-3)12(5,9)10/h9-10H,2,5H2,1H3,(H,6,7). The van der Waals surface area contributed by atoms with Crippen LogP contribution < -0.4 is 10.5 Å². The lowest BCUT2D eigenvalue weighted by atomic mass is 10.8. The molecule has 1 rings (SSSR count). The van der Waals surface area contributed by atoms with Crippen LogP contribution in [0.4, 0.5) is 5.13 Å². The molecule has 0 aliphatic rings. The van der Waals surface area contributed by atoms with Crippen LogP contribution in [0.5, 0.6) is 0 Å². The topological polar surface area (TPSA) is 104 Å². The molecule has 0 bridgehead atoms. The molecule has 0 amide bonds. The van der Waals surface area contributed by atoms with Crippen molar-refractivity contribution in [1.82, 2.24) is 10.2 Å². The van der Waals surface area contributed by atoms with Crippen LogP contribution in [0.2, 0.25) is 0 Å². The molecule has 0 fully saturated rings. The minimum Gasteiger partial charge on any atom is -0.360 e. The number of rotatable bonds is 3. The summed E-state index contributed by atoms with van der Waals surface area (Å²) in [6.45, 7) is 2.61. The van der Waals surface area contributed by atoms with Gasteiger partial charge in [0, 0.05) is 6.54 Å². The van der Waals surface area contributed by atoms with E-state index in [4.69, 9.17) is 14.2 Å². The van der Waals surface area contributed by atoms with Gasteiger partial charge in [0.25, 0.3) is 0 Å². The van der Waals surface area contributed by atoms with Crippen molar-refractivity contribution >= 4 is 27.2 Å². The number of aromatic nitrogens is 2. The number of anilines is 1. The van der Waals surface area contributed by atoms with Crippen molar-refractivity contribution < 1.29 is 9.11 Å². The van der Waals surface area contributed by atoms with Gasteiger partial charge in [-0.05, 0) is 6.92 Å². The molecule has 12 heavy (non-hydrogen) atoms. The first-order chi connectivity index (χ1) is 5.54.